The maximum Gasteiger partial charge on any atom is 0.161 e. The van der Waals surface area contributed by atoms with Gasteiger partial charge >= 0.3 is 0 Å². The minimum Gasteiger partial charge on any atom is -0.493 e. The molecule has 0 atom stereocenters. The van der Waals surface area contributed by atoms with Crippen LogP contribution in [0.5, 0.6) is 11.5 Å². The predicted molar refractivity (Wildman–Crippen MR) is 78.3 cm³/mol. The molecule has 0 bridgehead atoms. The summed E-state index contributed by atoms with van der Waals surface area (Å²) in [6.45, 7) is 0.813. The number of alkyl halides is 1. The third-order valence-corrected chi connectivity index (χ3v) is 4.44. The zero-order chi connectivity index (χ0) is 13.7. The lowest BCUT2D eigenvalue weighted by Gasteiger charge is -2.28. The van der Waals surface area contributed by atoms with Gasteiger partial charge in [0.25, 0.3) is 0 Å². The van der Waals surface area contributed by atoms with E-state index in [4.69, 9.17) is 21.1 Å². The van der Waals surface area contributed by atoms with Crippen LogP contribution in [0, 0.1) is 0 Å². The number of hydrogen-bond acceptors (Lipinski definition) is 3. The SMILES string of the molecule is COc1ccc(CNC2(CCl)CCCC2)cc1OC. The van der Waals surface area contributed by atoms with Crippen molar-refractivity contribution in [2.24, 2.45) is 0 Å². The zero-order valence-electron chi connectivity index (χ0n) is 11.7. The number of ether oxygens (including phenoxy) is 2. The number of hydrogen-bond donors (Lipinski definition) is 1. The smallest absolute Gasteiger partial charge is 0.161 e. The molecule has 106 valence electrons. The Bertz CT molecular complexity index is 417. The molecule has 0 aromatic heterocycles. The standard InChI is InChI=1S/C15H22ClNO2/c1-18-13-6-5-12(9-14(13)19-2)10-17-15(11-16)7-3-4-8-15/h5-6,9,17H,3-4,7-8,10-11H2,1-2H3. The monoisotopic (exact) mass is 283 g/mol. The average Bonchev–Trinajstić information content (AvgIpc) is 2.94. The van der Waals surface area contributed by atoms with E-state index in [1.807, 2.05) is 12.1 Å². The van der Waals surface area contributed by atoms with Crippen molar-refractivity contribution in [3.05, 3.63) is 23.8 Å². The molecule has 0 heterocycles. The largest absolute Gasteiger partial charge is 0.493 e. The molecule has 1 aromatic carbocycles. The fraction of sp³-hybridized carbons (Fsp3) is 0.600. The summed E-state index contributed by atoms with van der Waals surface area (Å²) in [7, 11) is 3.31. The summed E-state index contributed by atoms with van der Waals surface area (Å²) in [5, 5.41) is 3.62. The molecule has 19 heavy (non-hydrogen) atoms. The Morgan fingerprint density at radius 1 is 1.16 bits per heavy atom. The molecule has 1 N–H and O–H groups in total. The maximum absolute atomic E-state index is 6.13. The minimum atomic E-state index is 0.120. The molecule has 1 fully saturated rings. The fourth-order valence-electron chi connectivity index (χ4n) is 2.69. The number of methoxy groups -OCH3 is 2. The highest BCUT2D eigenvalue weighted by Crippen LogP contribution is 2.32. The predicted octanol–water partition coefficient (Wildman–Crippen LogP) is 3.35. The number of halogens is 1. The first-order valence-electron chi connectivity index (χ1n) is 6.75. The fourth-order valence-corrected chi connectivity index (χ4v) is 3.05. The Morgan fingerprint density at radius 3 is 2.42 bits per heavy atom. The third kappa shape index (κ3) is 3.34. The van der Waals surface area contributed by atoms with Crippen LogP contribution in [0.15, 0.2) is 18.2 Å². The van der Waals surface area contributed by atoms with Crippen LogP contribution < -0.4 is 14.8 Å². The molecule has 0 aliphatic heterocycles. The highest BCUT2D eigenvalue weighted by atomic mass is 35.5. The Labute approximate surface area is 120 Å². The van der Waals surface area contributed by atoms with Crippen molar-refractivity contribution in [1.82, 2.24) is 5.32 Å². The lowest BCUT2D eigenvalue weighted by Crippen LogP contribution is -2.43. The van der Waals surface area contributed by atoms with E-state index in [1.54, 1.807) is 14.2 Å². The Hall–Kier alpha value is -0.930. The van der Waals surface area contributed by atoms with Crippen LogP contribution in [0.4, 0.5) is 0 Å². The average molecular weight is 284 g/mol. The van der Waals surface area contributed by atoms with Gasteiger partial charge in [-0.1, -0.05) is 18.9 Å². The van der Waals surface area contributed by atoms with E-state index >= 15 is 0 Å². The van der Waals surface area contributed by atoms with Crippen LogP contribution >= 0.6 is 11.6 Å². The van der Waals surface area contributed by atoms with Gasteiger partial charge in [-0.3, -0.25) is 0 Å². The van der Waals surface area contributed by atoms with Crippen LogP contribution in [0.2, 0.25) is 0 Å². The van der Waals surface area contributed by atoms with Crippen LogP contribution in [0.25, 0.3) is 0 Å². The molecular formula is C15H22ClNO2. The van der Waals surface area contributed by atoms with Crippen molar-refractivity contribution < 1.29 is 9.47 Å². The van der Waals surface area contributed by atoms with Gasteiger partial charge < -0.3 is 14.8 Å². The topological polar surface area (TPSA) is 30.5 Å². The molecule has 0 radical (unpaired) electrons. The number of rotatable bonds is 6. The summed E-state index contributed by atoms with van der Waals surface area (Å²) in [5.41, 5.74) is 1.31. The maximum atomic E-state index is 6.13. The summed E-state index contributed by atoms with van der Waals surface area (Å²) in [6, 6.07) is 6.02. The Kier molecular flexibility index (Phi) is 4.94. The second kappa shape index (κ2) is 6.49. The van der Waals surface area contributed by atoms with Crippen molar-refractivity contribution in [2.75, 3.05) is 20.1 Å². The molecule has 0 unspecified atom stereocenters. The van der Waals surface area contributed by atoms with Crippen LogP contribution in [-0.2, 0) is 6.54 Å². The van der Waals surface area contributed by atoms with Gasteiger partial charge in [0.15, 0.2) is 11.5 Å². The number of nitrogens with one attached hydrogen (secondary N) is 1. The van der Waals surface area contributed by atoms with Crippen molar-refractivity contribution in [2.45, 2.75) is 37.8 Å². The van der Waals surface area contributed by atoms with E-state index in [9.17, 15) is 0 Å². The minimum absolute atomic E-state index is 0.120. The van der Waals surface area contributed by atoms with E-state index < -0.39 is 0 Å². The molecule has 1 aliphatic rings. The first kappa shape index (κ1) is 14.5. The second-order valence-electron chi connectivity index (χ2n) is 5.16. The van der Waals surface area contributed by atoms with Gasteiger partial charge in [0.2, 0.25) is 0 Å². The van der Waals surface area contributed by atoms with Gasteiger partial charge in [-0.2, -0.15) is 0 Å². The molecule has 2 rings (SSSR count). The molecular weight excluding hydrogens is 262 g/mol. The Balaban J connectivity index is 2.03. The second-order valence-corrected chi connectivity index (χ2v) is 5.43. The van der Waals surface area contributed by atoms with Crippen molar-refractivity contribution in [3.63, 3.8) is 0 Å². The first-order valence-corrected chi connectivity index (χ1v) is 7.28. The summed E-state index contributed by atoms with van der Waals surface area (Å²) < 4.78 is 10.6. The quantitative estimate of drug-likeness (QED) is 0.812. The van der Waals surface area contributed by atoms with Crippen LogP contribution in [0.3, 0.4) is 0 Å². The highest BCUT2D eigenvalue weighted by molar-refractivity contribution is 6.18. The van der Waals surface area contributed by atoms with E-state index in [2.05, 4.69) is 11.4 Å². The zero-order valence-corrected chi connectivity index (χ0v) is 12.4. The van der Waals surface area contributed by atoms with E-state index in [0.717, 1.165) is 18.0 Å². The molecule has 4 heteroatoms. The Morgan fingerprint density at radius 2 is 1.84 bits per heavy atom. The molecule has 0 spiro atoms. The molecule has 1 saturated carbocycles. The molecule has 0 amide bonds. The van der Waals surface area contributed by atoms with Crippen molar-refractivity contribution >= 4 is 11.6 Å². The van der Waals surface area contributed by atoms with Gasteiger partial charge in [0.1, 0.15) is 0 Å². The summed E-state index contributed by atoms with van der Waals surface area (Å²) in [6.07, 6.45) is 4.88. The normalized spacial score (nSPS) is 17.4. The molecule has 1 aliphatic carbocycles. The summed E-state index contributed by atoms with van der Waals surface area (Å²) in [4.78, 5) is 0. The first-order chi connectivity index (χ1) is 9.23. The van der Waals surface area contributed by atoms with Gasteiger partial charge in [-0.05, 0) is 30.5 Å². The van der Waals surface area contributed by atoms with Gasteiger partial charge in [-0.15, -0.1) is 11.6 Å². The molecule has 3 nitrogen and oxygen atoms in total. The number of benzene rings is 1. The van der Waals surface area contributed by atoms with Gasteiger partial charge in [0, 0.05) is 18.0 Å². The van der Waals surface area contributed by atoms with Crippen molar-refractivity contribution in [3.8, 4) is 11.5 Å². The van der Waals surface area contributed by atoms with Crippen LogP contribution in [-0.4, -0.2) is 25.6 Å². The van der Waals surface area contributed by atoms with E-state index in [-0.39, 0.29) is 5.54 Å². The highest BCUT2D eigenvalue weighted by Gasteiger charge is 2.32. The van der Waals surface area contributed by atoms with Gasteiger partial charge in [-0.25, -0.2) is 0 Å². The third-order valence-electron chi connectivity index (χ3n) is 3.93. The summed E-state index contributed by atoms with van der Waals surface area (Å²) >= 11 is 6.13. The lowest BCUT2D eigenvalue weighted by atomic mass is 10.00. The van der Waals surface area contributed by atoms with E-state index in [0.29, 0.717) is 5.88 Å². The summed E-state index contributed by atoms with van der Waals surface area (Å²) in [5.74, 6) is 2.22. The lowest BCUT2D eigenvalue weighted by molar-refractivity contribution is 0.351. The van der Waals surface area contributed by atoms with Gasteiger partial charge in [0.05, 0.1) is 14.2 Å². The molecule has 0 saturated heterocycles. The van der Waals surface area contributed by atoms with Crippen LogP contribution in [0.1, 0.15) is 31.2 Å². The molecule has 1 aromatic rings. The van der Waals surface area contributed by atoms with E-state index in [1.165, 1.54) is 31.2 Å². The van der Waals surface area contributed by atoms with Crippen molar-refractivity contribution in [1.29, 1.82) is 0 Å².